The number of carbonyl (C=O) groups is 2. The monoisotopic (exact) mass is 357 g/mol. The molecule has 0 bridgehead atoms. The summed E-state index contributed by atoms with van der Waals surface area (Å²) >= 11 is 0. The Morgan fingerprint density at radius 3 is 2.81 bits per heavy atom. The van der Waals surface area contributed by atoms with Crippen LogP contribution in [0.2, 0.25) is 0 Å². The minimum Gasteiger partial charge on any atom is -0.496 e. The van der Waals surface area contributed by atoms with E-state index in [1.807, 2.05) is 18.2 Å². The molecule has 1 heterocycles. The molecule has 7 heteroatoms. The third-order valence-electron chi connectivity index (χ3n) is 4.10. The predicted molar refractivity (Wildman–Crippen MR) is 93.6 cm³/mol. The van der Waals surface area contributed by atoms with Gasteiger partial charge in [-0.25, -0.2) is 9.59 Å². The van der Waals surface area contributed by atoms with Gasteiger partial charge in [-0.15, -0.1) is 0 Å². The van der Waals surface area contributed by atoms with E-state index in [1.54, 1.807) is 31.4 Å². The second kappa shape index (κ2) is 7.77. The zero-order valence-electron chi connectivity index (χ0n) is 14.2. The molecule has 26 heavy (non-hydrogen) atoms. The first-order chi connectivity index (χ1) is 12.6. The van der Waals surface area contributed by atoms with E-state index in [4.69, 9.17) is 19.3 Å². The van der Waals surface area contributed by atoms with Gasteiger partial charge in [-0.3, -0.25) is 5.32 Å². The number of nitrogens with one attached hydrogen (secondary N) is 1. The van der Waals surface area contributed by atoms with E-state index >= 15 is 0 Å². The fourth-order valence-corrected chi connectivity index (χ4v) is 2.79. The van der Waals surface area contributed by atoms with E-state index in [2.05, 4.69) is 5.32 Å². The number of rotatable bonds is 5. The van der Waals surface area contributed by atoms with Crippen molar-refractivity contribution in [3.05, 3.63) is 53.6 Å². The minimum absolute atomic E-state index is 0.0451. The molecule has 1 amide bonds. The summed E-state index contributed by atoms with van der Waals surface area (Å²) in [6.07, 6.45) is -0.623. The molecule has 0 radical (unpaired) electrons. The van der Waals surface area contributed by atoms with Gasteiger partial charge in [0.2, 0.25) is 0 Å². The summed E-state index contributed by atoms with van der Waals surface area (Å²) in [6.45, 7) is 0.0451. The van der Waals surface area contributed by atoms with Crippen molar-refractivity contribution >= 4 is 17.7 Å². The van der Waals surface area contributed by atoms with Gasteiger partial charge < -0.3 is 19.3 Å². The van der Waals surface area contributed by atoms with Crippen molar-refractivity contribution in [3.8, 4) is 11.5 Å². The number of amides is 1. The van der Waals surface area contributed by atoms with Crippen molar-refractivity contribution in [2.24, 2.45) is 0 Å². The standard InChI is InChI=1S/C19H19NO6/c1-24-15-8-3-2-5-13(15)11-25-19(23)20-14-7-4-6-12-9-10-16(18(21)22)26-17(12)14/h2-8,16H,9-11H2,1H3,(H,20,23)(H,21,22)/t16-/m0/s1. The topological polar surface area (TPSA) is 94.1 Å². The van der Waals surface area contributed by atoms with E-state index in [0.717, 1.165) is 11.1 Å². The van der Waals surface area contributed by atoms with Gasteiger partial charge >= 0.3 is 12.1 Å². The zero-order valence-corrected chi connectivity index (χ0v) is 14.2. The zero-order chi connectivity index (χ0) is 18.5. The molecule has 1 aliphatic heterocycles. The number of benzene rings is 2. The normalized spacial score (nSPS) is 15.3. The summed E-state index contributed by atoms with van der Waals surface area (Å²) in [7, 11) is 1.55. The molecular formula is C19H19NO6. The summed E-state index contributed by atoms with van der Waals surface area (Å²) in [5.74, 6) is -0.0189. The van der Waals surface area contributed by atoms with Crippen LogP contribution in [0.4, 0.5) is 10.5 Å². The maximum absolute atomic E-state index is 12.1. The SMILES string of the molecule is COc1ccccc1COC(=O)Nc1cccc2c1O[C@H](C(=O)O)CC2. The van der Waals surface area contributed by atoms with Crippen LogP contribution < -0.4 is 14.8 Å². The summed E-state index contributed by atoms with van der Waals surface area (Å²) in [5, 5.41) is 11.8. The molecule has 2 N–H and O–H groups in total. The minimum atomic E-state index is -1.02. The molecule has 7 nitrogen and oxygen atoms in total. The van der Waals surface area contributed by atoms with Crippen LogP contribution in [-0.4, -0.2) is 30.4 Å². The smallest absolute Gasteiger partial charge is 0.412 e. The van der Waals surface area contributed by atoms with Crippen molar-refractivity contribution in [1.29, 1.82) is 0 Å². The van der Waals surface area contributed by atoms with Crippen LogP contribution in [0.25, 0.3) is 0 Å². The van der Waals surface area contributed by atoms with Crippen LogP contribution in [0.3, 0.4) is 0 Å². The maximum Gasteiger partial charge on any atom is 0.412 e. The quantitative estimate of drug-likeness (QED) is 0.853. The van der Waals surface area contributed by atoms with E-state index in [0.29, 0.717) is 30.0 Å². The van der Waals surface area contributed by atoms with Gasteiger partial charge in [0.25, 0.3) is 0 Å². The van der Waals surface area contributed by atoms with Crippen molar-refractivity contribution in [1.82, 2.24) is 0 Å². The first kappa shape index (κ1) is 17.6. The average Bonchev–Trinajstić information content (AvgIpc) is 2.66. The molecule has 1 aliphatic rings. The highest BCUT2D eigenvalue weighted by Gasteiger charge is 2.27. The van der Waals surface area contributed by atoms with Crippen LogP contribution in [0.5, 0.6) is 11.5 Å². The molecule has 2 aromatic rings. The third kappa shape index (κ3) is 3.88. The Labute approximate surface area is 150 Å². The number of fused-ring (bicyclic) bond motifs is 1. The lowest BCUT2D eigenvalue weighted by atomic mass is 10.0. The first-order valence-corrected chi connectivity index (χ1v) is 8.15. The lowest BCUT2D eigenvalue weighted by molar-refractivity contribution is -0.145. The summed E-state index contributed by atoms with van der Waals surface area (Å²) in [5.41, 5.74) is 1.98. The van der Waals surface area contributed by atoms with Gasteiger partial charge in [-0.2, -0.15) is 0 Å². The first-order valence-electron chi connectivity index (χ1n) is 8.15. The Hall–Kier alpha value is -3.22. The van der Waals surface area contributed by atoms with Crippen LogP contribution in [-0.2, 0) is 22.6 Å². The number of carbonyl (C=O) groups excluding carboxylic acids is 1. The summed E-state index contributed by atoms with van der Waals surface area (Å²) in [6, 6.07) is 12.5. The molecule has 0 saturated heterocycles. The third-order valence-corrected chi connectivity index (χ3v) is 4.10. The number of methoxy groups -OCH3 is 1. The van der Waals surface area contributed by atoms with Gasteiger partial charge in [0.15, 0.2) is 6.10 Å². The highest BCUT2D eigenvalue weighted by atomic mass is 16.6. The molecule has 0 aromatic heterocycles. The molecule has 2 aromatic carbocycles. The number of hydrogen-bond donors (Lipinski definition) is 2. The van der Waals surface area contributed by atoms with Gasteiger partial charge in [0, 0.05) is 5.56 Å². The number of aliphatic carboxylic acids is 1. The molecule has 3 rings (SSSR count). The predicted octanol–water partition coefficient (Wildman–Crippen LogP) is 3.22. The number of hydrogen-bond acceptors (Lipinski definition) is 5. The molecule has 1 atom stereocenters. The van der Waals surface area contributed by atoms with Crippen LogP contribution in [0.1, 0.15) is 17.5 Å². The molecule has 0 spiro atoms. The maximum atomic E-state index is 12.1. The van der Waals surface area contributed by atoms with E-state index in [1.165, 1.54) is 0 Å². The number of anilines is 1. The fraction of sp³-hybridized carbons (Fsp3) is 0.263. The Bertz CT molecular complexity index is 819. The molecule has 136 valence electrons. The van der Waals surface area contributed by atoms with Crippen LogP contribution >= 0.6 is 0 Å². The highest BCUT2D eigenvalue weighted by molar-refractivity contribution is 5.87. The van der Waals surface area contributed by atoms with E-state index in [9.17, 15) is 9.59 Å². The van der Waals surface area contributed by atoms with E-state index < -0.39 is 18.2 Å². The number of carboxylic acid groups (broad SMARTS) is 1. The van der Waals surface area contributed by atoms with Crippen molar-refractivity contribution < 1.29 is 28.9 Å². The van der Waals surface area contributed by atoms with Crippen molar-refractivity contribution in [3.63, 3.8) is 0 Å². The Morgan fingerprint density at radius 1 is 1.23 bits per heavy atom. The van der Waals surface area contributed by atoms with Crippen LogP contribution in [0.15, 0.2) is 42.5 Å². The second-order valence-corrected chi connectivity index (χ2v) is 5.79. The fourth-order valence-electron chi connectivity index (χ4n) is 2.79. The van der Waals surface area contributed by atoms with Gasteiger partial charge in [-0.05, 0) is 30.5 Å². The Kier molecular flexibility index (Phi) is 5.26. The highest BCUT2D eigenvalue weighted by Crippen LogP contribution is 2.35. The summed E-state index contributed by atoms with van der Waals surface area (Å²) in [4.78, 5) is 23.3. The number of para-hydroxylation sites is 2. The lowest BCUT2D eigenvalue weighted by Crippen LogP contribution is -2.31. The number of carboxylic acids is 1. The second-order valence-electron chi connectivity index (χ2n) is 5.79. The van der Waals surface area contributed by atoms with Crippen molar-refractivity contribution in [2.45, 2.75) is 25.6 Å². The molecule has 0 aliphatic carbocycles. The number of aryl methyl sites for hydroxylation is 1. The molecule has 0 fully saturated rings. The van der Waals surface area contributed by atoms with E-state index in [-0.39, 0.29) is 6.61 Å². The average molecular weight is 357 g/mol. The molecule has 0 unspecified atom stereocenters. The molecular weight excluding hydrogens is 338 g/mol. The molecule has 0 saturated carbocycles. The Morgan fingerprint density at radius 2 is 2.04 bits per heavy atom. The largest absolute Gasteiger partial charge is 0.496 e. The van der Waals surface area contributed by atoms with Crippen LogP contribution in [0, 0.1) is 0 Å². The van der Waals surface area contributed by atoms with Crippen molar-refractivity contribution in [2.75, 3.05) is 12.4 Å². The van der Waals surface area contributed by atoms with Gasteiger partial charge in [0.05, 0.1) is 12.8 Å². The summed E-state index contributed by atoms with van der Waals surface area (Å²) < 4.78 is 16.0. The van der Waals surface area contributed by atoms with Gasteiger partial charge in [-0.1, -0.05) is 30.3 Å². The Balaban J connectivity index is 1.68. The number of ether oxygens (including phenoxy) is 3. The lowest BCUT2D eigenvalue weighted by Gasteiger charge is -2.25. The van der Waals surface area contributed by atoms with Gasteiger partial charge in [0.1, 0.15) is 18.1 Å².